The Bertz CT molecular complexity index is 1400. The number of hydrogen-bond acceptors (Lipinski definition) is 6. The van der Waals surface area contributed by atoms with E-state index in [1.807, 2.05) is 43.1 Å². The van der Waals surface area contributed by atoms with Crippen LogP contribution in [0.5, 0.6) is 5.75 Å². The van der Waals surface area contributed by atoms with Gasteiger partial charge in [-0.15, -0.1) is 11.3 Å². The van der Waals surface area contributed by atoms with E-state index in [1.165, 1.54) is 0 Å². The lowest BCUT2D eigenvalue weighted by Crippen LogP contribution is -2.41. The number of halogens is 4. The quantitative estimate of drug-likeness (QED) is 0.251. The van der Waals surface area contributed by atoms with Crippen molar-refractivity contribution in [1.82, 2.24) is 9.88 Å². The highest BCUT2D eigenvalue weighted by Gasteiger charge is 2.36. The molecular weight excluding hydrogens is 610 g/mol. The lowest BCUT2D eigenvalue weighted by atomic mass is 10.0. The van der Waals surface area contributed by atoms with Crippen molar-refractivity contribution < 1.29 is 9.53 Å². The summed E-state index contributed by atoms with van der Waals surface area (Å²) in [6.45, 7) is 6.13. The molecule has 1 saturated heterocycles. The first-order valence-electron chi connectivity index (χ1n) is 13.4. The lowest BCUT2D eigenvalue weighted by molar-refractivity contribution is -0.136. The molecule has 1 amide bonds. The van der Waals surface area contributed by atoms with Crippen LogP contribution in [0.2, 0.25) is 20.1 Å². The maximum atomic E-state index is 13.6. The summed E-state index contributed by atoms with van der Waals surface area (Å²) in [5.74, 6) is 0.255. The first-order valence-corrected chi connectivity index (χ1v) is 15.7. The fourth-order valence-electron chi connectivity index (χ4n) is 5.00. The van der Waals surface area contributed by atoms with Gasteiger partial charge in [0.2, 0.25) is 5.91 Å². The topological polar surface area (TPSA) is 71.7 Å². The van der Waals surface area contributed by atoms with Gasteiger partial charge in [-0.25, -0.2) is 4.98 Å². The zero-order valence-electron chi connectivity index (χ0n) is 22.4. The summed E-state index contributed by atoms with van der Waals surface area (Å²) in [7, 11) is 0. The van der Waals surface area contributed by atoms with Crippen LogP contribution in [0.1, 0.15) is 40.8 Å². The number of nitrogens with zero attached hydrogens (tertiary/aromatic N) is 3. The highest BCUT2D eigenvalue weighted by Crippen LogP contribution is 2.39. The van der Waals surface area contributed by atoms with Crippen LogP contribution in [0.15, 0.2) is 30.5 Å². The monoisotopic (exact) mass is 640 g/mol. The minimum Gasteiger partial charge on any atom is -0.485 e. The van der Waals surface area contributed by atoms with Gasteiger partial charge in [0.25, 0.3) is 0 Å². The van der Waals surface area contributed by atoms with Gasteiger partial charge in [0.1, 0.15) is 6.10 Å². The number of anilines is 1. The highest BCUT2D eigenvalue weighted by molar-refractivity contribution is 7.15. The summed E-state index contributed by atoms with van der Waals surface area (Å²) in [4.78, 5) is 23.5. The molecule has 1 aromatic heterocycles. The number of aromatic nitrogens is 1. The van der Waals surface area contributed by atoms with Crippen molar-refractivity contribution in [1.29, 1.82) is 0 Å². The maximum Gasteiger partial charge on any atom is 0.227 e. The molecule has 2 atom stereocenters. The van der Waals surface area contributed by atoms with Crippen molar-refractivity contribution >= 4 is 68.8 Å². The van der Waals surface area contributed by atoms with E-state index in [0.717, 1.165) is 52.5 Å². The summed E-state index contributed by atoms with van der Waals surface area (Å²) in [6, 6.07) is 7.63. The van der Waals surface area contributed by atoms with Gasteiger partial charge >= 0.3 is 0 Å². The number of hydrogen-bond donors (Lipinski definition) is 1. The second kappa shape index (κ2) is 12.6. The minimum atomic E-state index is -0.337. The lowest BCUT2D eigenvalue weighted by Gasteiger charge is -2.27. The van der Waals surface area contributed by atoms with E-state index in [9.17, 15) is 4.79 Å². The van der Waals surface area contributed by atoms with E-state index >= 15 is 0 Å². The Morgan fingerprint density at radius 1 is 1.18 bits per heavy atom. The highest BCUT2D eigenvalue weighted by atomic mass is 35.5. The third-order valence-corrected chi connectivity index (χ3v) is 10.3. The standard InChI is InChI=1S/C29H32Cl4N4O2S/c1-16-10-24(31)27(25(32)17(16)2)39-21-8-9-36(15-21)29-35-13-22(40-29)11-19(12-34)28(38)37(20-6-7-20)14-18-4-3-5-23(30)26(18)33/h3-5,10,13,19-21H,6-9,11-12,14-15,34H2,1-2H3/t19-,21+/m0/s1. The second-order valence-corrected chi connectivity index (χ2v) is 13.2. The molecule has 0 radical (unpaired) electrons. The van der Waals surface area contributed by atoms with E-state index in [-0.39, 0.29) is 30.5 Å². The van der Waals surface area contributed by atoms with Gasteiger partial charge in [-0.1, -0.05) is 58.5 Å². The fraction of sp³-hybridized carbons (Fsp3) is 0.448. The number of carbonyl (C=O) groups excluding carboxylic acids is 1. The molecule has 6 nitrogen and oxygen atoms in total. The van der Waals surface area contributed by atoms with Crippen molar-refractivity contribution in [2.45, 2.75) is 58.2 Å². The van der Waals surface area contributed by atoms with Crippen LogP contribution in [-0.4, -0.2) is 47.6 Å². The molecule has 11 heteroatoms. The first kappa shape index (κ1) is 29.7. The minimum absolute atomic E-state index is 0.0479. The first-order chi connectivity index (χ1) is 19.2. The molecule has 3 aromatic rings. The Kier molecular flexibility index (Phi) is 9.40. The molecular formula is C29H32Cl4N4O2S. The Labute approximate surface area is 259 Å². The van der Waals surface area contributed by atoms with Crippen LogP contribution < -0.4 is 15.4 Å². The van der Waals surface area contributed by atoms with Crippen LogP contribution in [-0.2, 0) is 17.8 Å². The van der Waals surface area contributed by atoms with E-state index in [2.05, 4.69) is 9.88 Å². The Morgan fingerprint density at radius 3 is 2.67 bits per heavy atom. The Hall–Kier alpha value is -1.74. The number of amides is 1. The molecule has 214 valence electrons. The number of benzene rings is 2. The number of ether oxygens (including phenoxy) is 1. The number of aryl methyl sites for hydroxylation is 1. The summed E-state index contributed by atoms with van der Waals surface area (Å²) >= 11 is 27.2. The van der Waals surface area contributed by atoms with Crippen LogP contribution >= 0.6 is 57.7 Å². The Morgan fingerprint density at radius 2 is 1.95 bits per heavy atom. The summed E-state index contributed by atoms with van der Waals surface area (Å²) in [6.07, 6.45) is 5.16. The normalized spacial score (nSPS) is 17.8. The maximum absolute atomic E-state index is 13.6. The molecule has 2 heterocycles. The molecule has 2 N–H and O–H groups in total. The molecule has 2 aromatic carbocycles. The molecule has 0 bridgehead atoms. The third-order valence-electron chi connectivity index (χ3n) is 7.65. The van der Waals surface area contributed by atoms with Gasteiger partial charge in [-0.05, 0) is 61.9 Å². The number of thiazole rings is 1. The van der Waals surface area contributed by atoms with Crippen molar-refractivity contribution in [3.05, 3.63) is 72.1 Å². The third kappa shape index (κ3) is 6.50. The van der Waals surface area contributed by atoms with E-state index in [4.69, 9.17) is 56.9 Å². The molecule has 40 heavy (non-hydrogen) atoms. The van der Waals surface area contributed by atoms with Gasteiger partial charge in [-0.3, -0.25) is 4.79 Å². The van der Waals surface area contributed by atoms with Crippen molar-refractivity contribution in [2.75, 3.05) is 24.5 Å². The SMILES string of the molecule is Cc1cc(Cl)c(O[C@@H]2CCN(c3ncc(C[C@@H](CN)C(=O)N(Cc4cccc(Cl)c4Cl)C4CC4)s3)C2)c(Cl)c1C. The second-order valence-electron chi connectivity index (χ2n) is 10.6. The van der Waals surface area contributed by atoms with Crippen molar-refractivity contribution in [3.63, 3.8) is 0 Å². The molecule has 1 aliphatic heterocycles. The molecule has 2 aliphatic rings. The number of rotatable bonds is 10. The van der Waals surface area contributed by atoms with E-state index in [0.29, 0.717) is 45.4 Å². The average Bonchev–Trinajstić information content (AvgIpc) is 3.48. The van der Waals surface area contributed by atoms with Crippen molar-refractivity contribution in [2.24, 2.45) is 11.7 Å². The summed E-state index contributed by atoms with van der Waals surface area (Å²) in [5.41, 5.74) is 8.99. The van der Waals surface area contributed by atoms with E-state index in [1.54, 1.807) is 17.4 Å². The predicted octanol–water partition coefficient (Wildman–Crippen LogP) is 7.34. The smallest absolute Gasteiger partial charge is 0.227 e. The van der Waals surface area contributed by atoms with Crippen LogP contribution in [0.3, 0.4) is 0 Å². The van der Waals surface area contributed by atoms with Gasteiger partial charge < -0.3 is 20.3 Å². The van der Waals surface area contributed by atoms with Gasteiger partial charge in [0, 0.05) is 43.2 Å². The summed E-state index contributed by atoms with van der Waals surface area (Å²) in [5, 5.41) is 2.98. The van der Waals surface area contributed by atoms with Gasteiger partial charge in [0.15, 0.2) is 10.9 Å². The molecule has 1 saturated carbocycles. The van der Waals surface area contributed by atoms with Gasteiger partial charge in [0.05, 0.1) is 32.6 Å². The molecule has 2 fully saturated rings. The van der Waals surface area contributed by atoms with Crippen LogP contribution in [0, 0.1) is 19.8 Å². The molecule has 1 aliphatic carbocycles. The zero-order valence-corrected chi connectivity index (χ0v) is 26.3. The molecule has 5 rings (SSSR count). The number of nitrogens with two attached hydrogens (primary N) is 1. The zero-order chi connectivity index (χ0) is 28.6. The number of carbonyl (C=O) groups is 1. The molecule has 0 unspecified atom stereocenters. The van der Waals surface area contributed by atoms with Gasteiger partial charge in [-0.2, -0.15) is 0 Å². The largest absolute Gasteiger partial charge is 0.485 e. The summed E-state index contributed by atoms with van der Waals surface area (Å²) < 4.78 is 6.25. The fourth-order valence-corrected chi connectivity index (χ4v) is 7.05. The van der Waals surface area contributed by atoms with E-state index < -0.39 is 0 Å². The molecule has 0 spiro atoms. The van der Waals surface area contributed by atoms with Crippen molar-refractivity contribution in [3.8, 4) is 5.75 Å². The Balaban J connectivity index is 1.22. The predicted molar refractivity (Wildman–Crippen MR) is 166 cm³/mol. The average molecular weight is 642 g/mol. The van der Waals surface area contributed by atoms with Crippen LogP contribution in [0.4, 0.5) is 5.13 Å². The van der Waals surface area contributed by atoms with Crippen LogP contribution in [0.25, 0.3) is 0 Å².